The Morgan fingerprint density at radius 3 is 2.76 bits per heavy atom. The Balaban J connectivity index is 1.61. The second-order valence-corrected chi connectivity index (χ2v) is 7.72. The first kappa shape index (κ1) is 19.7. The van der Waals surface area contributed by atoms with Gasteiger partial charge in [-0.1, -0.05) is 6.07 Å². The molecular formula is C20H23F2N5O2. The molecule has 1 aliphatic heterocycles. The van der Waals surface area contributed by atoms with Crippen molar-refractivity contribution in [3.05, 3.63) is 42.2 Å². The lowest BCUT2D eigenvalue weighted by atomic mass is 9.99. The number of hydrogen-bond acceptors (Lipinski definition) is 6. The quantitative estimate of drug-likeness (QED) is 0.681. The van der Waals surface area contributed by atoms with Crippen molar-refractivity contribution >= 4 is 11.5 Å². The zero-order valence-electron chi connectivity index (χ0n) is 16.2. The van der Waals surface area contributed by atoms with E-state index < -0.39 is 17.9 Å². The molecule has 0 aromatic carbocycles. The van der Waals surface area contributed by atoms with Crippen molar-refractivity contribution in [2.45, 2.75) is 44.3 Å². The van der Waals surface area contributed by atoms with Crippen molar-refractivity contribution in [1.82, 2.24) is 19.6 Å². The number of halogens is 2. The number of pyridine rings is 1. The maximum atomic E-state index is 14.2. The summed E-state index contributed by atoms with van der Waals surface area (Å²) in [6.45, 7) is 3.24. The third-order valence-electron chi connectivity index (χ3n) is 4.98. The normalized spacial score (nSPS) is 21.3. The first-order chi connectivity index (χ1) is 13.8. The number of nitrogens with one attached hydrogen (secondary N) is 1. The molecule has 3 aromatic heterocycles. The molecule has 2 N–H and O–H groups in total. The summed E-state index contributed by atoms with van der Waals surface area (Å²) in [5.74, 6) is 0.375. The van der Waals surface area contributed by atoms with Crippen LogP contribution in [0.3, 0.4) is 0 Å². The highest BCUT2D eigenvalue weighted by Crippen LogP contribution is 2.33. The van der Waals surface area contributed by atoms with Crippen LogP contribution in [0, 0.1) is 0 Å². The van der Waals surface area contributed by atoms with Crippen LogP contribution < -0.4 is 5.32 Å². The lowest BCUT2D eigenvalue weighted by molar-refractivity contribution is -0.0136. The third-order valence-corrected chi connectivity index (χ3v) is 4.98. The zero-order valence-corrected chi connectivity index (χ0v) is 16.2. The van der Waals surface area contributed by atoms with E-state index in [0.29, 0.717) is 30.4 Å². The number of ether oxygens (including phenoxy) is 1. The Morgan fingerprint density at radius 2 is 2.07 bits per heavy atom. The molecule has 29 heavy (non-hydrogen) atoms. The highest BCUT2D eigenvalue weighted by atomic mass is 19.2. The Labute approximate surface area is 166 Å². The minimum absolute atomic E-state index is 0.188. The second-order valence-electron chi connectivity index (χ2n) is 7.72. The SMILES string of the molecule is CC(C)(F)C(F)c1ccc(-c2ccc3cnc(N[C@@H]4CCOC[C@H]4O)nn23)nc1. The summed E-state index contributed by atoms with van der Waals surface area (Å²) >= 11 is 0. The van der Waals surface area contributed by atoms with Crippen LogP contribution in [-0.2, 0) is 4.74 Å². The van der Waals surface area contributed by atoms with Gasteiger partial charge in [-0.3, -0.25) is 4.98 Å². The molecule has 9 heteroatoms. The molecule has 3 atom stereocenters. The average Bonchev–Trinajstić information content (AvgIpc) is 3.12. The number of anilines is 1. The Kier molecular flexibility index (Phi) is 5.18. The topological polar surface area (TPSA) is 84.6 Å². The van der Waals surface area contributed by atoms with E-state index in [1.54, 1.807) is 16.8 Å². The smallest absolute Gasteiger partial charge is 0.241 e. The fraction of sp³-hybridized carbons (Fsp3) is 0.450. The summed E-state index contributed by atoms with van der Waals surface area (Å²) in [5, 5.41) is 17.7. The fourth-order valence-corrected chi connectivity index (χ4v) is 3.32. The van der Waals surface area contributed by atoms with Gasteiger partial charge < -0.3 is 15.2 Å². The summed E-state index contributed by atoms with van der Waals surface area (Å²) in [7, 11) is 0. The van der Waals surface area contributed by atoms with Crippen LogP contribution in [-0.4, -0.2) is 55.7 Å². The Hall–Kier alpha value is -2.65. The van der Waals surface area contributed by atoms with Crippen molar-refractivity contribution in [2.75, 3.05) is 18.5 Å². The summed E-state index contributed by atoms with van der Waals surface area (Å²) < 4.78 is 35.0. The molecule has 1 unspecified atom stereocenters. The van der Waals surface area contributed by atoms with Gasteiger partial charge in [0.25, 0.3) is 0 Å². The first-order valence-electron chi connectivity index (χ1n) is 9.49. The van der Waals surface area contributed by atoms with Crippen LogP contribution in [0.5, 0.6) is 0 Å². The van der Waals surface area contributed by atoms with E-state index in [1.165, 1.54) is 26.1 Å². The van der Waals surface area contributed by atoms with Gasteiger partial charge in [0.15, 0.2) is 6.17 Å². The van der Waals surface area contributed by atoms with Crippen molar-refractivity contribution in [3.63, 3.8) is 0 Å². The van der Waals surface area contributed by atoms with Gasteiger partial charge in [0.05, 0.1) is 41.9 Å². The van der Waals surface area contributed by atoms with Crippen molar-refractivity contribution < 1.29 is 18.6 Å². The number of aliphatic hydroxyl groups excluding tert-OH is 1. The second kappa shape index (κ2) is 7.64. The summed E-state index contributed by atoms with van der Waals surface area (Å²) in [6, 6.07) is 6.67. The van der Waals surface area contributed by atoms with Crippen LogP contribution in [0.4, 0.5) is 14.7 Å². The van der Waals surface area contributed by atoms with E-state index in [-0.39, 0.29) is 18.2 Å². The predicted octanol–water partition coefficient (Wildman–Crippen LogP) is 3.11. The molecule has 0 spiro atoms. The summed E-state index contributed by atoms with van der Waals surface area (Å²) in [6.07, 6.45) is 1.29. The maximum Gasteiger partial charge on any atom is 0.241 e. The van der Waals surface area contributed by atoms with E-state index in [2.05, 4.69) is 20.4 Å². The van der Waals surface area contributed by atoms with Gasteiger partial charge in [0.2, 0.25) is 5.95 Å². The minimum atomic E-state index is -1.98. The molecule has 1 fully saturated rings. The van der Waals surface area contributed by atoms with E-state index in [0.717, 1.165) is 5.52 Å². The number of nitrogens with zero attached hydrogens (tertiary/aromatic N) is 4. The van der Waals surface area contributed by atoms with Crippen LogP contribution in [0.25, 0.3) is 16.9 Å². The molecule has 0 radical (unpaired) electrons. The lowest BCUT2D eigenvalue weighted by Crippen LogP contribution is -2.42. The van der Waals surface area contributed by atoms with Crippen LogP contribution in [0.15, 0.2) is 36.7 Å². The van der Waals surface area contributed by atoms with Crippen LogP contribution in [0.2, 0.25) is 0 Å². The summed E-state index contributed by atoms with van der Waals surface area (Å²) in [5.41, 5.74) is 0.241. The molecule has 4 rings (SSSR count). The molecule has 0 bridgehead atoms. The first-order valence-corrected chi connectivity index (χ1v) is 9.49. The molecule has 0 saturated carbocycles. The molecule has 1 saturated heterocycles. The monoisotopic (exact) mass is 403 g/mol. The highest BCUT2D eigenvalue weighted by molar-refractivity contribution is 5.63. The van der Waals surface area contributed by atoms with Crippen molar-refractivity contribution in [1.29, 1.82) is 0 Å². The van der Waals surface area contributed by atoms with Gasteiger partial charge in [-0.25, -0.2) is 18.3 Å². The highest BCUT2D eigenvalue weighted by Gasteiger charge is 2.31. The molecule has 3 aromatic rings. The molecule has 0 aliphatic carbocycles. The number of alkyl halides is 2. The minimum Gasteiger partial charge on any atom is -0.389 e. The van der Waals surface area contributed by atoms with Crippen molar-refractivity contribution in [2.24, 2.45) is 0 Å². The average molecular weight is 403 g/mol. The number of hydrogen-bond donors (Lipinski definition) is 2. The van der Waals surface area contributed by atoms with Gasteiger partial charge in [0.1, 0.15) is 5.67 Å². The molecule has 154 valence electrons. The zero-order chi connectivity index (χ0) is 20.6. The largest absolute Gasteiger partial charge is 0.389 e. The predicted molar refractivity (Wildman–Crippen MR) is 104 cm³/mol. The van der Waals surface area contributed by atoms with Gasteiger partial charge >= 0.3 is 0 Å². The van der Waals surface area contributed by atoms with E-state index in [9.17, 15) is 13.9 Å². The van der Waals surface area contributed by atoms with Gasteiger partial charge in [-0.15, -0.1) is 5.10 Å². The molecule has 4 heterocycles. The number of aliphatic hydroxyl groups is 1. The molecule has 0 amide bonds. The summed E-state index contributed by atoms with van der Waals surface area (Å²) in [4.78, 5) is 8.60. The Morgan fingerprint density at radius 1 is 1.24 bits per heavy atom. The van der Waals surface area contributed by atoms with E-state index in [4.69, 9.17) is 4.74 Å². The molecule has 7 nitrogen and oxygen atoms in total. The van der Waals surface area contributed by atoms with E-state index >= 15 is 0 Å². The number of fused-ring (bicyclic) bond motifs is 1. The molecular weight excluding hydrogens is 380 g/mol. The van der Waals surface area contributed by atoms with E-state index in [1.807, 2.05) is 12.1 Å². The maximum absolute atomic E-state index is 14.2. The standard InChI is InChI=1S/C20H23F2N5O2/c1-20(2,22)18(21)12-3-5-14(23-9-12)16-6-4-13-10-24-19(26-27(13)16)25-15-7-8-29-11-17(15)28/h3-6,9-10,15,17-18,28H,7-8,11H2,1-2H3,(H,25,26)/t15-,17-,18?/m1/s1. The van der Waals surface area contributed by atoms with Gasteiger partial charge in [-0.05, 0) is 38.5 Å². The van der Waals surface area contributed by atoms with Crippen LogP contribution >= 0.6 is 0 Å². The fourth-order valence-electron chi connectivity index (χ4n) is 3.32. The van der Waals surface area contributed by atoms with Crippen molar-refractivity contribution in [3.8, 4) is 11.4 Å². The Bertz CT molecular complexity index is 987. The number of rotatable bonds is 5. The molecule has 1 aliphatic rings. The van der Waals surface area contributed by atoms with Gasteiger partial charge in [-0.2, -0.15) is 0 Å². The van der Waals surface area contributed by atoms with Gasteiger partial charge in [0, 0.05) is 18.4 Å². The third kappa shape index (κ3) is 4.06. The number of aromatic nitrogens is 4. The lowest BCUT2D eigenvalue weighted by Gasteiger charge is -2.28. The van der Waals surface area contributed by atoms with Crippen LogP contribution in [0.1, 0.15) is 32.0 Å².